The molecule has 1 aromatic rings. The van der Waals surface area contributed by atoms with Crippen LogP contribution in [0.2, 0.25) is 5.02 Å². The number of rotatable bonds is 5. The SMILES string of the molecule is CNC(c1cc(OC)c(OC)cc1Cl)C1OCCC1C. The topological polar surface area (TPSA) is 39.7 Å². The van der Waals surface area contributed by atoms with E-state index in [1.165, 1.54) is 0 Å². The minimum absolute atomic E-state index is 0.0415. The van der Waals surface area contributed by atoms with E-state index in [2.05, 4.69) is 12.2 Å². The Balaban J connectivity index is 2.38. The number of methoxy groups -OCH3 is 2. The van der Waals surface area contributed by atoms with Crippen molar-refractivity contribution in [3.05, 3.63) is 22.7 Å². The summed E-state index contributed by atoms with van der Waals surface area (Å²) >= 11 is 6.41. The average molecular weight is 300 g/mol. The van der Waals surface area contributed by atoms with E-state index in [1.807, 2.05) is 13.1 Å². The molecule has 0 bridgehead atoms. The number of benzene rings is 1. The molecule has 1 saturated heterocycles. The van der Waals surface area contributed by atoms with Crippen molar-refractivity contribution in [2.45, 2.75) is 25.5 Å². The molecule has 5 heteroatoms. The van der Waals surface area contributed by atoms with Gasteiger partial charge in [-0.2, -0.15) is 0 Å². The minimum atomic E-state index is 0.0415. The fraction of sp³-hybridized carbons (Fsp3) is 0.600. The Labute approximate surface area is 125 Å². The highest BCUT2D eigenvalue weighted by molar-refractivity contribution is 6.31. The van der Waals surface area contributed by atoms with Crippen LogP contribution in [0.1, 0.15) is 24.9 Å². The van der Waals surface area contributed by atoms with Crippen molar-refractivity contribution in [1.82, 2.24) is 5.32 Å². The molecule has 1 fully saturated rings. The minimum Gasteiger partial charge on any atom is -0.493 e. The first-order chi connectivity index (χ1) is 9.62. The van der Waals surface area contributed by atoms with E-state index in [-0.39, 0.29) is 12.1 Å². The molecule has 1 aromatic carbocycles. The molecule has 1 aliphatic rings. The van der Waals surface area contributed by atoms with E-state index >= 15 is 0 Å². The van der Waals surface area contributed by atoms with Gasteiger partial charge in [-0.15, -0.1) is 0 Å². The second kappa shape index (κ2) is 6.66. The summed E-state index contributed by atoms with van der Waals surface area (Å²) in [4.78, 5) is 0. The van der Waals surface area contributed by atoms with Gasteiger partial charge in [0, 0.05) is 17.7 Å². The molecule has 1 heterocycles. The van der Waals surface area contributed by atoms with Crippen LogP contribution in [0.4, 0.5) is 0 Å². The predicted octanol–water partition coefficient (Wildman–Crippen LogP) is 3.04. The number of likely N-dealkylation sites (N-methyl/N-ethyl adjacent to an activating group) is 1. The number of hydrogen-bond acceptors (Lipinski definition) is 4. The van der Waals surface area contributed by atoms with E-state index in [0.717, 1.165) is 18.6 Å². The standard InChI is InChI=1S/C15H22ClNO3/c1-9-5-6-20-15(9)14(17-2)10-7-12(18-3)13(19-4)8-11(10)16/h7-9,14-15,17H,5-6H2,1-4H3. The van der Waals surface area contributed by atoms with E-state index in [9.17, 15) is 0 Å². The molecule has 0 spiro atoms. The maximum absolute atomic E-state index is 6.41. The maximum Gasteiger partial charge on any atom is 0.162 e. The van der Waals surface area contributed by atoms with E-state index in [4.69, 9.17) is 25.8 Å². The summed E-state index contributed by atoms with van der Waals surface area (Å²) in [5.74, 6) is 1.81. The van der Waals surface area contributed by atoms with Crippen LogP contribution in [0, 0.1) is 5.92 Å². The van der Waals surface area contributed by atoms with Crippen LogP contribution in [0.15, 0.2) is 12.1 Å². The van der Waals surface area contributed by atoms with Crippen LogP contribution in [0.3, 0.4) is 0 Å². The first-order valence-corrected chi connectivity index (χ1v) is 7.20. The Morgan fingerprint density at radius 2 is 1.95 bits per heavy atom. The fourth-order valence-corrected chi connectivity index (χ4v) is 3.02. The van der Waals surface area contributed by atoms with E-state index in [0.29, 0.717) is 22.4 Å². The Kier molecular flexibility index (Phi) is 5.13. The molecule has 1 N–H and O–H groups in total. The van der Waals surface area contributed by atoms with Crippen molar-refractivity contribution in [3.63, 3.8) is 0 Å². The fourth-order valence-electron chi connectivity index (χ4n) is 2.75. The lowest BCUT2D eigenvalue weighted by molar-refractivity contribution is 0.0631. The van der Waals surface area contributed by atoms with Crippen LogP contribution in [0.5, 0.6) is 11.5 Å². The summed E-state index contributed by atoms with van der Waals surface area (Å²) in [6.07, 6.45) is 1.20. The lowest BCUT2D eigenvalue weighted by Crippen LogP contribution is -2.32. The van der Waals surface area contributed by atoms with Crippen LogP contribution in [0.25, 0.3) is 0 Å². The van der Waals surface area contributed by atoms with Crippen molar-refractivity contribution >= 4 is 11.6 Å². The zero-order valence-corrected chi connectivity index (χ0v) is 13.2. The second-order valence-electron chi connectivity index (χ2n) is 5.10. The molecular formula is C15H22ClNO3. The number of hydrogen-bond donors (Lipinski definition) is 1. The van der Waals surface area contributed by atoms with Gasteiger partial charge in [-0.25, -0.2) is 0 Å². The smallest absolute Gasteiger partial charge is 0.162 e. The average Bonchev–Trinajstić information content (AvgIpc) is 2.87. The third-order valence-electron chi connectivity index (χ3n) is 3.92. The highest BCUT2D eigenvalue weighted by Gasteiger charge is 2.33. The number of ether oxygens (including phenoxy) is 3. The molecule has 0 aromatic heterocycles. The normalized spacial score (nSPS) is 23.6. The summed E-state index contributed by atoms with van der Waals surface area (Å²) in [5.41, 5.74) is 0.977. The molecule has 0 radical (unpaired) electrons. The van der Waals surface area contributed by atoms with Gasteiger partial charge in [-0.05, 0) is 31.0 Å². The molecule has 20 heavy (non-hydrogen) atoms. The zero-order chi connectivity index (χ0) is 14.7. The highest BCUT2D eigenvalue weighted by atomic mass is 35.5. The Hall–Kier alpha value is -0.970. The first-order valence-electron chi connectivity index (χ1n) is 6.82. The van der Waals surface area contributed by atoms with Crippen molar-refractivity contribution in [2.75, 3.05) is 27.9 Å². The van der Waals surface area contributed by atoms with Crippen LogP contribution < -0.4 is 14.8 Å². The predicted molar refractivity (Wildman–Crippen MR) is 79.9 cm³/mol. The summed E-state index contributed by atoms with van der Waals surface area (Å²) < 4.78 is 16.5. The Bertz CT molecular complexity index is 467. The molecule has 3 atom stereocenters. The van der Waals surface area contributed by atoms with Gasteiger partial charge >= 0.3 is 0 Å². The van der Waals surface area contributed by atoms with Gasteiger partial charge < -0.3 is 19.5 Å². The van der Waals surface area contributed by atoms with Crippen molar-refractivity contribution in [3.8, 4) is 11.5 Å². The van der Waals surface area contributed by atoms with Crippen molar-refractivity contribution < 1.29 is 14.2 Å². The number of halogens is 1. The van der Waals surface area contributed by atoms with Crippen molar-refractivity contribution in [1.29, 1.82) is 0 Å². The van der Waals surface area contributed by atoms with Crippen molar-refractivity contribution in [2.24, 2.45) is 5.92 Å². The van der Waals surface area contributed by atoms with Gasteiger partial charge in [0.05, 0.1) is 26.4 Å². The summed E-state index contributed by atoms with van der Waals surface area (Å²) in [5, 5.41) is 3.97. The third-order valence-corrected chi connectivity index (χ3v) is 4.25. The first kappa shape index (κ1) is 15.4. The Morgan fingerprint density at radius 3 is 2.45 bits per heavy atom. The number of nitrogens with one attached hydrogen (secondary N) is 1. The molecule has 0 amide bonds. The summed E-state index contributed by atoms with van der Waals surface area (Å²) in [7, 11) is 5.15. The van der Waals surface area contributed by atoms with Gasteiger partial charge in [0.1, 0.15) is 0 Å². The summed E-state index contributed by atoms with van der Waals surface area (Å²) in [6, 6.07) is 3.76. The lowest BCUT2D eigenvalue weighted by atomic mass is 9.92. The summed E-state index contributed by atoms with van der Waals surface area (Å²) in [6.45, 7) is 3.01. The van der Waals surface area contributed by atoms with E-state index < -0.39 is 0 Å². The van der Waals surface area contributed by atoms with Crippen LogP contribution in [-0.2, 0) is 4.74 Å². The third kappa shape index (κ3) is 2.87. The van der Waals surface area contributed by atoms with Gasteiger partial charge in [0.2, 0.25) is 0 Å². The van der Waals surface area contributed by atoms with Gasteiger partial charge in [0.15, 0.2) is 11.5 Å². The molecule has 0 aliphatic carbocycles. The monoisotopic (exact) mass is 299 g/mol. The molecule has 1 aliphatic heterocycles. The van der Waals surface area contributed by atoms with E-state index in [1.54, 1.807) is 20.3 Å². The highest BCUT2D eigenvalue weighted by Crippen LogP contribution is 2.39. The molecular weight excluding hydrogens is 278 g/mol. The quantitative estimate of drug-likeness (QED) is 0.907. The molecule has 0 saturated carbocycles. The zero-order valence-electron chi connectivity index (χ0n) is 12.4. The molecule has 4 nitrogen and oxygen atoms in total. The Morgan fingerprint density at radius 1 is 1.30 bits per heavy atom. The maximum atomic E-state index is 6.41. The second-order valence-corrected chi connectivity index (χ2v) is 5.50. The molecule has 112 valence electrons. The van der Waals surface area contributed by atoms with Crippen LogP contribution in [-0.4, -0.2) is 34.0 Å². The molecule has 2 rings (SSSR count). The largest absolute Gasteiger partial charge is 0.493 e. The van der Waals surface area contributed by atoms with Gasteiger partial charge in [0.25, 0.3) is 0 Å². The lowest BCUT2D eigenvalue weighted by Gasteiger charge is -2.27. The van der Waals surface area contributed by atoms with Gasteiger partial charge in [-0.3, -0.25) is 0 Å². The van der Waals surface area contributed by atoms with Crippen LogP contribution >= 0.6 is 11.6 Å². The van der Waals surface area contributed by atoms with Gasteiger partial charge in [-0.1, -0.05) is 18.5 Å². The molecule has 3 unspecified atom stereocenters.